The maximum absolute atomic E-state index is 3.62. The van der Waals surface area contributed by atoms with Crippen LogP contribution in [0, 0.1) is 6.92 Å². The molecule has 0 radical (unpaired) electrons. The summed E-state index contributed by atoms with van der Waals surface area (Å²) in [5.74, 6) is 0. The lowest BCUT2D eigenvalue weighted by Gasteiger charge is -2.27. The average molecular weight is 318 g/mol. The van der Waals surface area contributed by atoms with Crippen LogP contribution < -0.4 is 5.32 Å². The minimum atomic E-state index is -0.0373. The molecule has 0 amide bonds. The van der Waals surface area contributed by atoms with Crippen molar-refractivity contribution in [2.75, 3.05) is 0 Å². The van der Waals surface area contributed by atoms with Crippen molar-refractivity contribution in [2.45, 2.75) is 32.9 Å². The predicted octanol–water partition coefficient (Wildman–Crippen LogP) is 4.78. The topological polar surface area (TPSA) is 12.0 Å². The van der Waals surface area contributed by atoms with Crippen LogP contribution in [-0.4, -0.2) is 0 Å². The Kier molecular flexibility index (Phi) is 4.43. The van der Waals surface area contributed by atoms with Gasteiger partial charge in [0.1, 0.15) is 0 Å². The van der Waals surface area contributed by atoms with Crippen molar-refractivity contribution >= 4 is 15.9 Å². The summed E-state index contributed by atoms with van der Waals surface area (Å²) >= 11 is 3.48. The minimum absolute atomic E-state index is 0.0373. The van der Waals surface area contributed by atoms with Crippen molar-refractivity contribution in [3.63, 3.8) is 0 Å². The van der Waals surface area contributed by atoms with Crippen LogP contribution in [0.1, 0.15) is 30.5 Å². The van der Waals surface area contributed by atoms with Gasteiger partial charge in [0, 0.05) is 16.6 Å². The summed E-state index contributed by atoms with van der Waals surface area (Å²) in [5.41, 5.74) is 3.89. The summed E-state index contributed by atoms with van der Waals surface area (Å²) in [5, 5.41) is 3.62. The lowest BCUT2D eigenvalue weighted by Crippen LogP contribution is -2.35. The van der Waals surface area contributed by atoms with E-state index in [1.54, 1.807) is 0 Å². The first-order valence-electron chi connectivity index (χ1n) is 6.54. The molecule has 0 saturated heterocycles. The highest BCUT2D eigenvalue weighted by molar-refractivity contribution is 9.10. The largest absolute Gasteiger partial charge is 0.304 e. The Morgan fingerprint density at radius 2 is 1.74 bits per heavy atom. The van der Waals surface area contributed by atoms with Crippen LogP contribution in [0.15, 0.2) is 53.0 Å². The number of nitrogens with one attached hydrogen (secondary N) is 1. The number of benzene rings is 2. The summed E-state index contributed by atoms with van der Waals surface area (Å²) in [6.45, 7) is 7.44. The van der Waals surface area contributed by atoms with Crippen molar-refractivity contribution in [1.29, 1.82) is 0 Å². The molecule has 0 saturated carbocycles. The molecular weight excluding hydrogens is 298 g/mol. The van der Waals surface area contributed by atoms with E-state index in [9.17, 15) is 0 Å². The first kappa shape index (κ1) is 14.3. The molecule has 0 bridgehead atoms. The SMILES string of the molecule is Cc1cccc(CNC(C)(C)c2ccc(Br)cc2)c1. The third kappa shape index (κ3) is 3.92. The second-order valence-corrected chi connectivity index (χ2v) is 6.39. The van der Waals surface area contributed by atoms with Gasteiger partial charge in [0.25, 0.3) is 0 Å². The minimum Gasteiger partial charge on any atom is -0.304 e. The zero-order valence-electron chi connectivity index (χ0n) is 11.7. The molecule has 0 fully saturated rings. The fraction of sp³-hybridized carbons (Fsp3) is 0.294. The molecule has 1 N–H and O–H groups in total. The van der Waals surface area contributed by atoms with Gasteiger partial charge in [-0.05, 0) is 44.0 Å². The zero-order chi connectivity index (χ0) is 13.9. The molecule has 0 atom stereocenters. The van der Waals surface area contributed by atoms with Gasteiger partial charge in [0.15, 0.2) is 0 Å². The fourth-order valence-electron chi connectivity index (χ4n) is 2.11. The molecule has 0 aliphatic rings. The van der Waals surface area contributed by atoms with Gasteiger partial charge < -0.3 is 5.32 Å². The molecule has 1 nitrogen and oxygen atoms in total. The molecule has 2 aromatic rings. The highest BCUT2D eigenvalue weighted by atomic mass is 79.9. The second kappa shape index (κ2) is 5.89. The summed E-state index contributed by atoms with van der Waals surface area (Å²) in [6, 6.07) is 17.1. The van der Waals surface area contributed by atoms with Crippen molar-refractivity contribution in [1.82, 2.24) is 5.32 Å². The van der Waals surface area contributed by atoms with E-state index in [1.165, 1.54) is 16.7 Å². The lowest BCUT2D eigenvalue weighted by molar-refractivity contribution is 0.401. The van der Waals surface area contributed by atoms with Crippen LogP contribution in [0.25, 0.3) is 0 Å². The number of aryl methyl sites for hydroxylation is 1. The van der Waals surface area contributed by atoms with Gasteiger partial charge in [-0.3, -0.25) is 0 Å². The van der Waals surface area contributed by atoms with Crippen LogP contribution in [0.3, 0.4) is 0 Å². The maximum Gasteiger partial charge on any atom is 0.0380 e. The first-order chi connectivity index (χ1) is 8.97. The molecule has 2 aromatic carbocycles. The van der Waals surface area contributed by atoms with E-state index in [-0.39, 0.29) is 5.54 Å². The maximum atomic E-state index is 3.62. The number of rotatable bonds is 4. The van der Waals surface area contributed by atoms with Crippen LogP contribution in [0.4, 0.5) is 0 Å². The van der Waals surface area contributed by atoms with E-state index in [4.69, 9.17) is 0 Å². The van der Waals surface area contributed by atoms with Gasteiger partial charge in [-0.2, -0.15) is 0 Å². The molecule has 2 rings (SSSR count). The molecule has 0 aliphatic carbocycles. The van der Waals surface area contributed by atoms with Crippen molar-refractivity contribution in [2.24, 2.45) is 0 Å². The number of hydrogen-bond acceptors (Lipinski definition) is 1. The number of halogens is 1. The number of hydrogen-bond donors (Lipinski definition) is 1. The highest BCUT2D eigenvalue weighted by Gasteiger charge is 2.19. The molecule has 2 heteroatoms. The Labute approximate surface area is 124 Å². The third-order valence-electron chi connectivity index (χ3n) is 3.38. The Morgan fingerprint density at radius 1 is 1.05 bits per heavy atom. The van der Waals surface area contributed by atoms with E-state index >= 15 is 0 Å². The molecule has 0 unspecified atom stereocenters. The normalized spacial score (nSPS) is 11.6. The summed E-state index contributed by atoms with van der Waals surface area (Å²) < 4.78 is 1.12. The van der Waals surface area contributed by atoms with Gasteiger partial charge in [0.2, 0.25) is 0 Å². The van der Waals surface area contributed by atoms with Crippen molar-refractivity contribution < 1.29 is 0 Å². The molecule has 0 heterocycles. The van der Waals surface area contributed by atoms with E-state index in [2.05, 4.69) is 90.5 Å². The van der Waals surface area contributed by atoms with Crippen LogP contribution in [0.5, 0.6) is 0 Å². The van der Waals surface area contributed by atoms with E-state index < -0.39 is 0 Å². The molecule has 0 aliphatic heterocycles. The van der Waals surface area contributed by atoms with Crippen molar-refractivity contribution in [3.8, 4) is 0 Å². The fourth-order valence-corrected chi connectivity index (χ4v) is 2.38. The standard InChI is InChI=1S/C17H20BrN/c1-13-5-4-6-14(11-13)12-19-17(2,3)15-7-9-16(18)10-8-15/h4-11,19H,12H2,1-3H3. The van der Waals surface area contributed by atoms with Crippen LogP contribution >= 0.6 is 15.9 Å². The summed E-state index contributed by atoms with van der Waals surface area (Å²) in [4.78, 5) is 0. The van der Waals surface area contributed by atoms with Crippen LogP contribution in [-0.2, 0) is 12.1 Å². The quantitative estimate of drug-likeness (QED) is 0.855. The molecular formula is C17H20BrN. The van der Waals surface area contributed by atoms with Gasteiger partial charge in [-0.1, -0.05) is 57.9 Å². The van der Waals surface area contributed by atoms with Gasteiger partial charge in [0.05, 0.1) is 0 Å². The predicted molar refractivity (Wildman–Crippen MR) is 85.2 cm³/mol. The second-order valence-electron chi connectivity index (χ2n) is 5.47. The summed E-state index contributed by atoms with van der Waals surface area (Å²) in [7, 11) is 0. The monoisotopic (exact) mass is 317 g/mol. The van der Waals surface area contributed by atoms with Crippen LogP contribution in [0.2, 0.25) is 0 Å². The molecule has 100 valence electrons. The van der Waals surface area contributed by atoms with Gasteiger partial charge >= 0.3 is 0 Å². The Hall–Kier alpha value is -1.12. The molecule has 0 spiro atoms. The van der Waals surface area contributed by atoms with E-state index in [0.717, 1.165) is 11.0 Å². The van der Waals surface area contributed by atoms with E-state index in [0.29, 0.717) is 0 Å². The van der Waals surface area contributed by atoms with Gasteiger partial charge in [-0.15, -0.1) is 0 Å². The Balaban J connectivity index is 2.07. The molecule has 0 aromatic heterocycles. The average Bonchev–Trinajstić information content (AvgIpc) is 2.37. The third-order valence-corrected chi connectivity index (χ3v) is 3.91. The Morgan fingerprint density at radius 3 is 2.37 bits per heavy atom. The first-order valence-corrected chi connectivity index (χ1v) is 7.33. The lowest BCUT2D eigenvalue weighted by atomic mass is 9.94. The zero-order valence-corrected chi connectivity index (χ0v) is 13.3. The summed E-state index contributed by atoms with van der Waals surface area (Å²) in [6.07, 6.45) is 0. The highest BCUT2D eigenvalue weighted by Crippen LogP contribution is 2.22. The van der Waals surface area contributed by atoms with Crippen molar-refractivity contribution in [3.05, 3.63) is 69.7 Å². The molecule has 19 heavy (non-hydrogen) atoms. The smallest absolute Gasteiger partial charge is 0.0380 e. The van der Waals surface area contributed by atoms with Gasteiger partial charge in [-0.25, -0.2) is 0 Å². The van der Waals surface area contributed by atoms with E-state index in [1.807, 2.05) is 0 Å². The Bertz CT molecular complexity index is 543.